The minimum Gasteiger partial charge on any atom is -0.366 e. The predicted octanol–water partition coefficient (Wildman–Crippen LogP) is 4.88. The van der Waals surface area contributed by atoms with E-state index in [0.717, 1.165) is 35.6 Å². The van der Waals surface area contributed by atoms with E-state index < -0.39 is 0 Å². The molecule has 4 aromatic rings. The summed E-state index contributed by atoms with van der Waals surface area (Å²) >= 11 is 0. The molecule has 0 bridgehead atoms. The molecule has 0 saturated heterocycles. The van der Waals surface area contributed by atoms with Gasteiger partial charge in [-0.2, -0.15) is 4.98 Å². The van der Waals surface area contributed by atoms with E-state index in [-0.39, 0.29) is 0 Å². The minimum atomic E-state index is 0.618. The molecule has 0 aliphatic rings. The number of aromatic amines is 1. The van der Waals surface area contributed by atoms with Crippen LogP contribution in [0.1, 0.15) is 5.56 Å². The van der Waals surface area contributed by atoms with E-state index in [1.54, 1.807) is 0 Å². The molecule has 3 N–H and O–H groups in total. The van der Waals surface area contributed by atoms with Crippen LogP contribution in [0.5, 0.6) is 0 Å². The van der Waals surface area contributed by atoms with Crippen LogP contribution in [0.25, 0.3) is 22.2 Å². The average Bonchev–Trinajstić information content (AvgIpc) is 3.16. The van der Waals surface area contributed by atoms with Gasteiger partial charge in [0.1, 0.15) is 5.82 Å². The van der Waals surface area contributed by atoms with Crippen molar-refractivity contribution in [2.24, 2.45) is 0 Å². The van der Waals surface area contributed by atoms with Gasteiger partial charge in [0.15, 0.2) is 0 Å². The van der Waals surface area contributed by atoms with E-state index in [0.29, 0.717) is 12.5 Å². The molecule has 0 atom stereocenters. The van der Waals surface area contributed by atoms with Crippen LogP contribution in [0.2, 0.25) is 0 Å². The first-order valence-corrected chi connectivity index (χ1v) is 9.41. The Morgan fingerprint density at radius 2 is 1.79 bits per heavy atom. The number of para-hydroxylation sites is 1. The number of nitrogens with one attached hydrogen (secondary N) is 3. The Hall–Kier alpha value is -3.60. The molecule has 0 amide bonds. The van der Waals surface area contributed by atoms with Crippen LogP contribution in [0.15, 0.2) is 79.5 Å². The summed E-state index contributed by atoms with van der Waals surface area (Å²) in [6, 6.07) is 20.4. The maximum absolute atomic E-state index is 4.70. The Morgan fingerprint density at radius 3 is 2.64 bits per heavy atom. The molecule has 0 radical (unpaired) electrons. The lowest BCUT2D eigenvalue weighted by Crippen LogP contribution is -2.10. The number of nitrogens with zero attached hydrogens (tertiary/aromatic N) is 2. The van der Waals surface area contributed by atoms with Crippen molar-refractivity contribution in [3.8, 4) is 11.3 Å². The number of hydrogen-bond acceptors (Lipinski definition) is 4. The van der Waals surface area contributed by atoms with E-state index in [1.165, 1.54) is 10.9 Å². The molecule has 4 rings (SSSR count). The third kappa shape index (κ3) is 4.04. The zero-order chi connectivity index (χ0) is 19.2. The highest BCUT2D eigenvalue weighted by Gasteiger charge is 2.07. The molecule has 0 spiro atoms. The molecule has 0 fully saturated rings. The van der Waals surface area contributed by atoms with Crippen LogP contribution < -0.4 is 10.6 Å². The van der Waals surface area contributed by atoms with Crippen LogP contribution >= 0.6 is 0 Å². The Morgan fingerprint density at radius 1 is 0.964 bits per heavy atom. The number of fused-ring (bicyclic) bond motifs is 1. The lowest BCUT2D eigenvalue weighted by molar-refractivity contribution is 0.990. The predicted molar refractivity (Wildman–Crippen MR) is 117 cm³/mol. The molecule has 5 nitrogen and oxygen atoms in total. The Bertz CT molecular complexity index is 1070. The minimum absolute atomic E-state index is 0.618. The van der Waals surface area contributed by atoms with Gasteiger partial charge in [-0.05, 0) is 18.1 Å². The fraction of sp³-hybridized carbons (Fsp3) is 0.130. The van der Waals surface area contributed by atoms with Gasteiger partial charge in [0.25, 0.3) is 0 Å². The summed E-state index contributed by atoms with van der Waals surface area (Å²) < 4.78 is 0. The lowest BCUT2D eigenvalue weighted by atomic mass is 10.1. The van der Waals surface area contributed by atoms with Gasteiger partial charge in [-0.3, -0.25) is 0 Å². The van der Waals surface area contributed by atoms with Crippen molar-refractivity contribution in [1.82, 2.24) is 15.0 Å². The van der Waals surface area contributed by atoms with Crippen LogP contribution in [-0.4, -0.2) is 28.0 Å². The third-order valence-electron chi connectivity index (χ3n) is 4.58. The molecule has 0 aliphatic heterocycles. The number of hydrogen-bond donors (Lipinski definition) is 3. The van der Waals surface area contributed by atoms with Crippen molar-refractivity contribution in [3.63, 3.8) is 0 Å². The van der Waals surface area contributed by atoms with Crippen LogP contribution in [0, 0.1) is 0 Å². The van der Waals surface area contributed by atoms with Crippen molar-refractivity contribution in [3.05, 3.63) is 85.1 Å². The molecule has 28 heavy (non-hydrogen) atoms. The van der Waals surface area contributed by atoms with Gasteiger partial charge in [0, 0.05) is 41.8 Å². The summed E-state index contributed by atoms with van der Waals surface area (Å²) in [5, 5.41) is 7.89. The van der Waals surface area contributed by atoms with E-state index in [4.69, 9.17) is 4.98 Å². The summed E-state index contributed by atoms with van der Waals surface area (Å²) in [5.41, 5.74) is 4.39. The second kappa shape index (κ2) is 8.39. The van der Waals surface area contributed by atoms with Gasteiger partial charge in [-0.25, -0.2) is 4.98 Å². The summed E-state index contributed by atoms with van der Waals surface area (Å²) in [5.74, 6) is 1.40. The molecule has 2 aromatic carbocycles. The summed E-state index contributed by atoms with van der Waals surface area (Å²) in [6.07, 6.45) is 4.78. The average molecular weight is 369 g/mol. The number of H-pyrrole nitrogens is 1. The van der Waals surface area contributed by atoms with Gasteiger partial charge in [0.2, 0.25) is 5.95 Å². The topological polar surface area (TPSA) is 65.6 Å². The lowest BCUT2D eigenvalue weighted by Gasteiger charge is -2.10. The molecule has 0 unspecified atom stereocenters. The summed E-state index contributed by atoms with van der Waals surface area (Å²) in [4.78, 5) is 12.6. The molecule has 0 saturated carbocycles. The fourth-order valence-corrected chi connectivity index (χ4v) is 3.20. The fourth-order valence-electron chi connectivity index (χ4n) is 3.20. The largest absolute Gasteiger partial charge is 0.366 e. The maximum Gasteiger partial charge on any atom is 0.225 e. The SMILES string of the molecule is C=CCNc1cc(-c2ccccc2)nc(NCCc2c[nH]c3ccccc23)n1. The molecule has 5 heteroatoms. The Labute approximate surface area is 164 Å². The molecule has 140 valence electrons. The van der Waals surface area contributed by atoms with Crippen LogP contribution in [0.4, 0.5) is 11.8 Å². The Kier molecular flexibility index (Phi) is 5.33. The van der Waals surface area contributed by atoms with Crippen molar-refractivity contribution in [2.75, 3.05) is 23.7 Å². The first kappa shape index (κ1) is 17.8. The highest BCUT2D eigenvalue weighted by atomic mass is 15.1. The number of aromatic nitrogens is 3. The molecule has 2 heterocycles. The molecule has 0 aliphatic carbocycles. The normalized spacial score (nSPS) is 10.7. The first-order chi connectivity index (χ1) is 13.8. The van der Waals surface area contributed by atoms with Crippen molar-refractivity contribution in [1.29, 1.82) is 0 Å². The zero-order valence-corrected chi connectivity index (χ0v) is 15.7. The quantitative estimate of drug-likeness (QED) is 0.387. The molecule has 2 aromatic heterocycles. The third-order valence-corrected chi connectivity index (χ3v) is 4.58. The van der Waals surface area contributed by atoms with Gasteiger partial charge >= 0.3 is 0 Å². The highest BCUT2D eigenvalue weighted by molar-refractivity contribution is 5.83. The number of benzene rings is 2. The monoisotopic (exact) mass is 369 g/mol. The first-order valence-electron chi connectivity index (χ1n) is 9.41. The van der Waals surface area contributed by atoms with Gasteiger partial charge in [0.05, 0.1) is 5.69 Å². The van der Waals surface area contributed by atoms with Gasteiger partial charge < -0.3 is 15.6 Å². The van der Waals surface area contributed by atoms with E-state index >= 15 is 0 Å². The Balaban J connectivity index is 1.52. The van der Waals surface area contributed by atoms with Crippen LogP contribution in [0.3, 0.4) is 0 Å². The highest BCUT2D eigenvalue weighted by Crippen LogP contribution is 2.22. The van der Waals surface area contributed by atoms with Crippen molar-refractivity contribution >= 4 is 22.7 Å². The smallest absolute Gasteiger partial charge is 0.225 e. The zero-order valence-electron chi connectivity index (χ0n) is 15.7. The maximum atomic E-state index is 4.70. The van der Waals surface area contributed by atoms with Crippen LogP contribution in [-0.2, 0) is 6.42 Å². The van der Waals surface area contributed by atoms with Crippen molar-refractivity contribution in [2.45, 2.75) is 6.42 Å². The van der Waals surface area contributed by atoms with Crippen molar-refractivity contribution < 1.29 is 0 Å². The van der Waals surface area contributed by atoms with E-state index in [9.17, 15) is 0 Å². The standard InChI is InChI=1S/C23H23N5/c1-2-13-24-22-15-21(17-8-4-3-5-9-17)27-23(28-22)25-14-12-18-16-26-20-11-7-6-10-19(18)20/h2-11,15-16,26H,1,12-14H2,(H2,24,25,27,28). The molecular formula is C23H23N5. The summed E-state index contributed by atoms with van der Waals surface area (Å²) in [7, 11) is 0. The number of anilines is 2. The van der Waals surface area contributed by atoms with Gasteiger partial charge in [-0.1, -0.05) is 54.6 Å². The molecular weight excluding hydrogens is 346 g/mol. The van der Waals surface area contributed by atoms with Gasteiger partial charge in [-0.15, -0.1) is 6.58 Å². The second-order valence-electron chi connectivity index (χ2n) is 6.53. The number of rotatable bonds is 8. The van der Waals surface area contributed by atoms with E-state index in [2.05, 4.69) is 63.7 Å². The summed E-state index contributed by atoms with van der Waals surface area (Å²) in [6.45, 7) is 5.16. The van der Waals surface area contributed by atoms with E-state index in [1.807, 2.05) is 36.4 Å². The second-order valence-corrected chi connectivity index (χ2v) is 6.53.